The number of piperazine rings is 1. The number of carbonyl (C=O) groups is 1. The molecule has 4 rings (SSSR count). The Bertz CT molecular complexity index is 1140. The number of sulfonamides is 1. The fourth-order valence-electron chi connectivity index (χ4n) is 4.33. The lowest BCUT2D eigenvalue weighted by atomic mass is 9.74. The highest BCUT2D eigenvalue weighted by molar-refractivity contribution is 7.89. The molecule has 1 N–H and O–H groups in total. The molecule has 0 aliphatic carbocycles. The highest BCUT2D eigenvalue weighted by Gasteiger charge is 2.55. The van der Waals surface area contributed by atoms with Crippen molar-refractivity contribution in [2.45, 2.75) is 24.9 Å². The Hall–Kier alpha value is -2.73. The molecule has 0 saturated carbocycles. The van der Waals surface area contributed by atoms with E-state index < -0.39 is 10.0 Å². The SMILES string of the molecule is CCS(=O)(=O)N1CC(=O)N2[C@@H](CO)[C@H](c3ccc(C#Cc4ccc(F)cc4)cc3)[C@@H]2C1. The molecule has 2 aliphatic heterocycles. The summed E-state index contributed by atoms with van der Waals surface area (Å²) in [4.78, 5) is 14.2. The van der Waals surface area contributed by atoms with Crippen LogP contribution in [-0.2, 0) is 14.8 Å². The van der Waals surface area contributed by atoms with Crippen LogP contribution in [0, 0.1) is 17.7 Å². The van der Waals surface area contributed by atoms with Crippen LogP contribution in [0.5, 0.6) is 0 Å². The number of rotatable bonds is 4. The highest BCUT2D eigenvalue weighted by atomic mass is 32.2. The van der Waals surface area contributed by atoms with Crippen molar-refractivity contribution < 1.29 is 22.7 Å². The normalized spacial score (nSPS) is 23.5. The summed E-state index contributed by atoms with van der Waals surface area (Å²) >= 11 is 0. The quantitative estimate of drug-likeness (QED) is 0.729. The van der Waals surface area contributed by atoms with Crippen molar-refractivity contribution in [1.82, 2.24) is 9.21 Å². The van der Waals surface area contributed by atoms with Crippen LogP contribution in [0.4, 0.5) is 4.39 Å². The second-order valence-corrected chi connectivity index (χ2v) is 9.97. The molecule has 2 heterocycles. The zero-order chi connectivity index (χ0) is 22.2. The van der Waals surface area contributed by atoms with Crippen molar-refractivity contribution >= 4 is 15.9 Å². The van der Waals surface area contributed by atoms with E-state index in [1.807, 2.05) is 24.3 Å². The molecule has 2 aromatic rings. The molecule has 1 amide bonds. The van der Waals surface area contributed by atoms with Gasteiger partial charge < -0.3 is 10.0 Å². The summed E-state index contributed by atoms with van der Waals surface area (Å²) in [7, 11) is -3.47. The molecule has 0 bridgehead atoms. The number of benzene rings is 2. The van der Waals surface area contributed by atoms with Gasteiger partial charge in [-0.2, -0.15) is 4.31 Å². The van der Waals surface area contributed by atoms with Gasteiger partial charge in [0.25, 0.3) is 0 Å². The maximum atomic E-state index is 13.0. The van der Waals surface area contributed by atoms with E-state index in [9.17, 15) is 22.7 Å². The minimum Gasteiger partial charge on any atom is -0.394 e. The number of aliphatic hydroxyl groups is 1. The van der Waals surface area contributed by atoms with Crippen LogP contribution in [-0.4, -0.2) is 66.2 Å². The first-order valence-electron chi connectivity index (χ1n) is 10.1. The number of hydrogen-bond acceptors (Lipinski definition) is 4. The molecule has 0 unspecified atom stereocenters. The summed E-state index contributed by atoms with van der Waals surface area (Å²) in [6.45, 7) is 1.44. The Balaban J connectivity index is 1.54. The average molecular weight is 443 g/mol. The maximum absolute atomic E-state index is 13.0. The van der Waals surface area contributed by atoms with Gasteiger partial charge in [-0.25, -0.2) is 12.8 Å². The number of carbonyl (C=O) groups excluding carboxylic acids is 1. The summed E-state index contributed by atoms with van der Waals surface area (Å²) in [6, 6.07) is 12.8. The molecular weight excluding hydrogens is 419 g/mol. The van der Waals surface area contributed by atoms with Crippen molar-refractivity contribution in [3.63, 3.8) is 0 Å². The van der Waals surface area contributed by atoms with Crippen LogP contribution in [0.25, 0.3) is 0 Å². The molecule has 0 radical (unpaired) electrons. The zero-order valence-corrected chi connectivity index (χ0v) is 17.8. The Morgan fingerprint density at radius 2 is 1.65 bits per heavy atom. The molecule has 31 heavy (non-hydrogen) atoms. The van der Waals surface area contributed by atoms with E-state index in [0.29, 0.717) is 5.56 Å². The van der Waals surface area contributed by atoms with Crippen molar-refractivity contribution in [1.29, 1.82) is 0 Å². The van der Waals surface area contributed by atoms with Crippen LogP contribution in [0.2, 0.25) is 0 Å². The van der Waals surface area contributed by atoms with Crippen molar-refractivity contribution in [3.8, 4) is 11.8 Å². The Morgan fingerprint density at radius 1 is 1.06 bits per heavy atom. The number of aliphatic hydroxyl groups excluding tert-OH is 1. The molecular formula is C23H23FN2O4S. The summed E-state index contributed by atoms with van der Waals surface area (Å²) < 4.78 is 38.8. The number of amides is 1. The Labute approximate surface area is 181 Å². The van der Waals surface area contributed by atoms with Gasteiger partial charge >= 0.3 is 0 Å². The van der Waals surface area contributed by atoms with Crippen molar-refractivity contribution in [3.05, 3.63) is 71.0 Å². The number of hydrogen-bond donors (Lipinski definition) is 1. The van der Waals surface area contributed by atoms with Gasteiger partial charge in [0.05, 0.1) is 31.0 Å². The predicted octanol–water partition coefficient (Wildman–Crippen LogP) is 1.55. The van der Waals surface area contributed by atoms with Crippen molar-refractivity contribution in [2.75, 3.05) is 25.4 Å². The molecule has 2 aliphatic rings. The first-order chi connectivity index (χ1) is 14.8. The van der Waals surface area contributed by atoms with E-state index in [4.69, 9.17) is 0 Å². The summed E-state index contributed by atoms with van der Waals surface area (Å²) in [5, 5.41) is 9.86. The molecule has 8 heteroatoms. The van der Waals surface area contributed by atoms with Crippen molar-refractivity contribution in [2.24, 2.45) is 0 Å². The fraction of sp³-hybridized carbons (Fsp3) is 0.348. The molecule has 6 nitrogen and oxygen atoms in total. The number of nitrogens with zero attached hydrogens (tertiary/aromatic N) is 2. The first-order valence-corrected chi connectivity index (χ1v) is 11.7. The van der Waals surface area contributed by atoms with E-state index in [-0.39, 0.29) is 55.2 Å². The third kappa shape index (κ3) is 4.09. The minimum absolute atomic E-state index is 0.0531. The van der Waals surface area contributed by atoms with Crippen LogP contribution < -0.4 is 0 Å². The van der Waals surface area contributed by atoms with Gasteiger partial charge in [0.1, 0.15) is 5.82 Å². The summed E-state index contributed by atoms with van der Waals surface area (Å²) in [5.41, 5.74) is 2.41. The van der Waals surface area contributed by atoms with E-state index in [0.717, 1.165) is 11.1 Å². The summed E-state index contributed by atoms with van der Waals surface area (Å²) in [5.74, 6) is 5.23. The number of fused-ring (bicyclic) bond motifs is 1. The molecule has 0 aromatic heterocycles. The minimum atomic E-state index is -3.47. The largest absolute Gasteiger partial charge is 0.394 e. The van der Waals surface area contributed by atoms with Gasteiger partial charge in [0.2, 0.25) is 15.9 Å². The third-order valence-electron chi connectivity index (χ3n) is 5.97. The molecule has 2 aromatic carbocycles. The standard InChI is InChI=1S/C23H23FN2O4S/c1-2-31(29,30)25-13-20-23(21(15-27)26(20)22(28)14-25)18-9-5-16(6-10-18)3-4-17-7-11-19(24)12-8-17/h5-12,20-21,23,27H,2,13-15H2,1H3/t20-,21-,23+/m0/s1. The van der Waals surface area contributed by atoms with E-state index >= 15 is 0 Å². The molecule has 2 saturated heterocycles. The monoisotopic (exact) mass is 442 g/mol. The molecule has 3 atom stereocenters. The topological polar surface area (TPSA) is 77.9 Å². The fourth-order valence-corrected chi connectivity index (χ4v) is 5.38. The molecule has 162 valence electrons. The smallest absolute Gasteiger partial charge is 0.238 e. The van der Waals surface area contributed by atoms with Gasteiger partial charge in [0.15, 0.2) is 0 Å². The van der Waals surface area contributed by atoms with Crippen LogP contribution >= 0.6 is 0 Å². The third-order valence-corrected chi connectivity index (χ3v) is 7.76. The van der Waals surface area contributed by atoms with E-state index in [1.165, 1.54) is 16.4 Å². The van der Waals surface area contributed by atoms with Gasteiger partial charge in [-0.1, -0.05) is 24.0 Å². The average Bonchev–Trinajstić information content (AvgIpc) is 2.75. The van der Waals surface area contributed by atoms with Crippen LogP contribution in [0.3, 0.4) is 0 Å². The molecule has 2 fully saturated rings. The lowest BCUT2D eigenvalue weighted by Gasteiger charge is -2.58. The Kier molecular flexibility index (Phi) is 5.84. The van der Waals surface area contributed by atoms with Gasteiger partial charge in [0, 0.05) is 23.6 Å². The van der Waals surface area contributed by atoms with E-state index in [1.54, 1.807) is 24.0 Å². The Morgan fingerprint density at radius 3 is 2.19 bits per heavy atom. The second-order valence-electron chi connectivity index (χ2n) is 7.72. The van der Waals surface area contributed by atoms with Crippen LogP contribution in [0.1, 0.15) is 29.5 Å². The van der Waals surface area contributed by atoms with Gasteiger partial charge in [-0.3, -0.25) is 4.79 Å². The highest BCUT2D eigenvalue weighted by Crippen LogP contribution is 2.43. The first kappa shape index (κ1) is 21.5. The summed E-state index contributed by atoms with van der Waals surface area (Å²) in [6.07, 6.45) is 0. The molecule has 0 spiro atoms. The lowest BCUT2D eigenvalue weighted by molar-refractivity contribution is -0.158. The second kappa shape index (κ2) is 8.42. The van der Waals surface area contributed by atoms with Gasteiger partial charge in [-0.05, 0) is 48.9 Å². The maximum Gasteiger partial charge on any atom is 0.238 e. The van der Waals surface area contributed by atoms with Gasteiger partial charge in [-0.15, -0.1) is 0 Å². The number of halogens is 1. The van der Waals surface area contributed by atoms with E-state index in [2.05, 4.69) is 11.8 Å². The zero-order valence-electron chi connectivity index (χ0n) is 17.0. The lowest BCUT2D eigenvalue weighted by Crippen LogP contribution is -2.73. The predicted molar refractivity (Wildman–Crippen MR) is 114 cm³/mol. The van der Waals surface area contributed by atoms with Crippen LogP contribution in [0.15, 0.2) is 48.5 Å².